The molecule has 0 unspecified atom stereocenters. The van der Waals surface area contributed by atoms with E-state index in [1.807, 2.05) is 0 Å². The van der Waals surface area contributed by atoms with Crippen LogP contribution in [0.4, 0.5) is 4.79 Å². The Balaban J connectivity index is 1.48. The van der Waals surface area contributed by atoms with E-state index in [1.54, 1.807) is 69.6 Å². The Labute approximate surface area is 334 Å². The van der Waals surface area contributed by atoms with Crippen molar-refractivity contribution in [1.82, 2.24) is 5.32 Å². The van der Waals surface area contributed by atoms with E-state index in [-0.39, 0.29) is 29.7 Å². The summed E-state index contributed by atoms with van der Waals surface area (Å²) in [6.45, 7) is 11.8. The van der Waals surface area contributed by atoms with E-state index in [9.17, 15) is 44.4 Å². The second kappa shape index (κ2) is 14.9. The quantitative estimate of drug-likeness (QED) is 0.147. The molecule has 1 saturated heterocycles. The Morgan fingerprint density at radius 1 is 1.04 bits per heavy atom. The highest BCUT2D eigenvalue weighted by Gasteiger charge is 2.78. The van der Waals surface area contributed by atoms with Gasteiger partial charge in [-0.3, -0.25) is 9.59 Å². The Morgan fingerprint density at radius 3 is 2.26 bits per heavy atom. The molecule has 1 amide bonds. The molecule has 0 radical (unpaired) electrons. The number of hydrogen-bond donors (Lipinski definition) is 5. The van der Waals surface area contributed by atoms with Gasteiger partial charge in [-0.25, -0.2) is 14.4 Å². The number of ketones is 1. The molecule has 4 aliphatic rings. The maximum Gasteiger partial charge on any atom is 0.408 e. The molecule has 2 bridgehead atoms. The lowest BCUT2D eigenvalue weighted by atomic mass is 9.44. The van der Waals surface area contributed by atoms with E-state index in [2.05, 4.69) is 5.32 Å². The first-order chi connectivity index (χ1) is 26.5. The normalized spacial score (nSPS) is 34.1. The van der Waals surface area contributed by atoms with Gasteiger partial charge < -0.3 is 49.4 Å². The minimum absolute atomic E-state index is 0.0593. The summed E-state index contributed by atoms with van der Waals surface area (Å²) in [4.78, 5) is 68.7. The van der Waals surface area contributed by atoms with Gasteiger partial charge in [0.25, 0.3) is 0 Å². The molecule has 2 heterocycles. The average molecular weight is 814 g/mol. The highest BCUT2D eigenvalue weighted by atomic mass is 32.1. The van der Waals surface area contributed by atoms with Crippen LogP contribution in [0.1, 0.15) is 90.2 Å². The minimum atomic E-state index is -2.35. The number of alkyl carbamates (subject to hydrolysis) is 1. The molecule has 0 spiro atoms. The molecule has 3 aliphatic carbocycles. The third kappa shape index (κ3) is 7.07. The van der Waals surface area contributed by atoms with Crippen molar-refractivity contribution in [1.29, 1.82) is 0 Å². The Morgan fingerprint density at radius 2 is 1.70 bits per heavy atom. The van der Waals surface area contributed by atoms with Gasteiger partial charge in [-0.1, -0.05) is 32.0 Å². The summed E-state index contributed by atoms with van der Waals surface area (Å²) in [5.74, 6) is -5.34. The third-order valence-electron chi connectivity index (χ3n) is 12.3. The second-order valence-electron chi connectivity index (χ2n) is 17.2. The van der Waals surface area contributed by atoms with Crippen molar-refractivity contribution >= 4 is 41.1 Å². The number of carbonyl (C=O) groups is 5. The van der Waals surface area contributed by atoms with Crippen LogP contribution in [0.2, 0.25) is 0 Å². The standard InChI is InChI=1S/C41H51NO14S/c1-20-24(53-35(49)30(46)28(23-14-15-57-18-23)42-36(50)56-37(3,4)5)17-41(51)33(54-34(48)22-12-10-9-11-13-22)31-39(8,32(47)29(45)27(20)38(41,6)7)25(44)16-26-40(31,19-52-26)55-21(2)43/h9-15,18,24-26,28-31,33,44-46,51H,16-17,19H2,1-8H3,(H,42,50)/t24-,25-,26+,28-,29+,30+,31-,33-,39+,40-,41+/m0/s1. The monoisotopic (exact) mass is 813 g/mol. The van der Waals surface area contributed by atoms with Crippen LogP contribution in [0.5, 0.6) is 0 Å². The zero-order valence-corrected chi connectivity index (χ0v) is 34.0. The van der Waals surface area contributed by atoms with Gasteiger partial charge in [-0.05, 0) is 80.3 Å². The summed E-state index contributed by atoms with van der Waals surface area (Å²) in [7, 11) is 0. The molecular formula is C41H51NO14S. The molecule has 2 saturated carbocycles. The van der Waals surface area contributed by atoms with Gasteiger partial charge in [0.15, 0.2) is 17.5 Å². The van der Waals surface area contributed by atoms with Crippen LogP contribution < -0.4 is 5.32 Å². The summed E-state index contributed by atoms with van der Waals surface area (Å²) >= 11 is 1.25. The maximum atomic E-state index is 14.9. The number of Topliss-reactive ketones (excluding diaryl/α,β-unsaturated/α-hetero) is 1. The number of ether oxygens (including phenoxy) is 5. The van der Waals surface area contributed by atoms with Crippen molar-refractivity contribution in [3.63, 3.8) is 0 Å². The molecule has 6 rings (SSSR count). The van der Waals surface area contributed by atoms with Gasteiger partial charge in [0, 0.05) is 25.2 Å². The molecule has 15 nitrogen and oxygen atoms in total. The van der Waals surface area contributed by atoms with E-state index in [1.165, 1.54) is 37.3 Å². The predicted molar refractivity (Wildman–Crippen MR) is 201 cm³/mol. The highest BCUT2D eigenvalue weighted by molar-refractivity contribution is 7.08. The van der Waals surface area contributed by atoms with E-state index in [0.717, 1.165) is 6.92 Å². The number of thiophene rings is 1. The fourth-order valence-corrected chi connectivity index (χ4v) is 10.0. The molecule has 11 atom stereocenters. The summed E-state index contributed by atoms with van der Waals surface area (Å²) < 4.78 is 29.4. The number of benzene rings is 1. The minimum Gasteiger partial charge on any atom is -0.456 e. The number of rotatable bonds is 8. The first-order valence-electron chi connectivity index (χ1n) is 18.8. The molecule has 5 N–H and O–H groups in total. The Bertz CT molecular complexity index is 1940. The first kappa shape index (κ1) is 42.4. The molecule has 3 fully saturated rings. The second-order valence-corrected chi connectivity index (χ2v) is 18.0. The summed E-state index contributed by atoms with van der Waals surface area (Å²) in [5, 5.41) is 54.7. The summed E-state index contributed by atoms with van der Waals surface area (Å²) in [6, 6.07) is 8.12. The van der Waals surface area contributed by atoms with Gasteiger partial charge in [0.05, 0.1) is 35.6 Å². The smallest absolute Gasteiger partial charge is 0.408 e. The van der Waals surface area contributed by atoms with E-state index < -0.39 is 112 Å². The van der Waals surface area contributed by atoms with Gasteiger partial charge in [0.2, 0.25) is 0 Å². The van der Waals surface area contributed by atoms with Gasteiger partial charge in [0.1, 0.15) is 35.6 Å². The number of amides is 1. The molecule has 1 aliphatic heterocycles. The van der Waals surface area contributed by atoms with Crippen molar-refractivity contribution in [3.05, 3.63) is 69.4 Å². The van der Waals surface area contributed by atoms with Crippen molar-refractivity contribution in [2.75, 3.05) is 6.61 Å². The van der Waals surface area contributed by atoms with E-state index in [0.29, 0.717) is 5.56 Å². The number of aliphatic hydroxyl groups is 4. The maximum absolute atomic E-state index is 14.9. The number of fused-ring (bicyclic) bond motifs is 5. The van der Waals surface area contributed by atoms with Crippen LogP contribution in [-0.4, -0.2) is 110 Å². The van der Waals surface area contributed by atoms with Crippen molar-refractivity contribution < 1.29 is 68.1 Å². The zero-order valence-electron chi connectivity index (χ0n) is 33.1. The molecule has 2 aromatic rings. The molecule has 1 aromatic heterocycles. The van der Waals surface area contributed by atoms with Crippen molar-refractivity contribution in [2.24, 2.45) is 16.7 Å². The van der Waals surface area contributed by atoms with Crippen LogP contribution in [0.3, 0.4) is 0 Å². The third-order valence-corrected chi connectivity index (χ3v) is 13.0. The summed E-state index contributed by atoms with van der Waals surface area (Å²) in [6.07, 6.45) is -11.4. The molecule has 1 aromatic carbocycles. The van der Waals surface area contributed by atoms with Crippen LogP contribution in [0.15, 0.2) is 58.3 Å². The SMILES string of the molecule is CC(=O)O[C@@]12CO[C@@H]1C[C@H](O)[C@@]1(C)C(=O)[C@H](O)C3=C(C)[C@@H](OC(=O)[C@H](O)[C@@H](NC(=O)OC(C)(C)C)c4ccsc4)C[C@@](O)([C@@H](OC(=O)c4ccccc4)[C@H]21)C3(C)C. The number of carbonyl (C=O) groups excluding carboxylic acids is 5. The number of aliphatic hydroxyl groups excluding tert-OH is 3. The van der Waals surface area contributed by atoms with Crippen LogP contribution in [0.25, 0.3) is 0 Å². The van der Waals surface area contributed by atoms with Crippen molar-refractivity contribution in [2.45, 2.75) is 128 Å². The summed E-state index contributed by atoms with van der Waals surface area (Å²) in [5.41, 5.74) is -8.05. The Kier molecular flexibility index (Phi) is 11.1. The molecular weight excluding hydrogens is 763 g/mol. The average Bonchev–Trinajstić information content (AvgIpc) is 3.66. The predicted octanol–water partition coefficient (Wildman–Crippen LogP) is 3.32. The number of esters is 3. The molecule has 57 heavy (non-hydrogen) atoms. The van der Waals surface area contributed by atoms with Gasteiger partial charge in [-0.15, -0.1) is 0 Å². The van der Waals surface area contributed by atoms with Crippen LogP contribution >= 0.6 is 11.3 Å². The molecule has 16 heteroatoms. The molecule has 310 valence electrons. The van der Waals surface area contributed by atoms with Gasteiger partial charge >= 0.3 is 24.0 Å². The lowest BCUT2D eigenvalue weighted by molar-refractivity contribution is -0.346. The fraction of sp³-hybridized carbons (Fsp3) is 0.585. The fourth-order valence-electron chi connectivity index (χ4n) is 9.35. The lowest BCUT2D eigenvalue weighted by Gasteiger charge is -2.67. The van der Waals surface area contributed by atoms with Gasteiger partial charge in [-0.2, -0.15) is 11.3 Å². The van der Waals surface area contributed by atoms with Crippen molar-refractivity contribution in [3.8, 4) is 0 Å². The Hall–Kier alpha value is -4.19. The topological polar surface area (TPSA) is 224 Å². The van der Waals surface area contributed by atoms with E-state index in [4.69, 9.17) is 23.7 Å². The van der Waals surface area contributed by atoms with Crippen LogP contribution in [-0.2, 0) is 38.1 Å². The largest absolute Gasteiger partial charge is 0.456 e. The van der Waals surface area contributed by atoms with Crippen LogP contribution in [0, 0.1) is 16.7 Å². The lowest BCUT2D eigenvalue weighted by Crippen LogP contribution is -2.81. The first-order valence-corrected chi connectivity index (χ1v) is 19.7. The van der Waals surface area contributed by atoms with E-state index >= 15 is 0 Å². The number of hydrogen-bond acceptors (Lipinski definition) is 15. The highest BCUT2D eigenvalue weighted by Crippen LogP contribution is 2.64. The zero-order chi connectivity index (χ0) is 42.0. The number of nitrogens with one attached hydrogen (secondary N) is 1.